The lowest BCUT2D eigenvalue weighted by molar-refractivity contribution is 0.0977. The largest absolute Gasteiger partial charge is 0.491 e. The fraction of sp³-hybridized carbons (Fsp3) is 0.333. The van der Waals surface area contributed by atoms with Gasteiger partial charge in [-0.1, -0.05) is 13.8 Å². The van der Waals surface area contributed by atoms with E-state index in [1.165, 1.54) is 16.4 Å². The number of ether oxygens (including phenoxy) is 1. The van der Waals surface area contributed by atoms with Gasteiger partial charge in [0, 0.05) is 24.3 Å². The Bertz CT molecular complexity index is 968. The van der Waals surface area contributed by atoms with Crippen LogP contribution >= 0.6 is 12.2 Å². The highest BCUT2D eigenvalue weighted by Crippen LogP contribution is 2.18. The number of carbonyl (C=O) groups excluding carboxylic acids is 1. The Hall–Kier alpha value is -2.49. The van der Waals surface area contributed by atoms with Crippen LogP contribution in [-0.4, -0.2) is 42.9 Å². The van der Waals surface area contributed by atoms with Crippen LogP contribution in [0.3, 0.4) is 0 Å². The quantitative estimate of drug-likeness (QED) is 0.599. The maximum atomic E-state index is 12.5. The van der Waals surface area contributed by atoms with Gasteiger partial charge in [-0.05, 0) is 74.6 Å². The normalized spacial score (nSPS) is 11.4. The number of rotatable bonds is 8. The van der Waals surface area contributed by atoms with E-state index in [9.17, 15) is 13.2 Å². The van der Waals surface area contributed by atoms with Crippen molar-refractivity contribution < 1.29 is 17.9 Å². The maximum Gasteiger partial charge on any atom is 0.257 e. The first kappa shape index (κ1) is 23.8. The minimum Gasteiger partial charge on any atom is -0.491 e. The van der Waals surface area contributed by atoms with E-state index >= 15 is 0 Å². The maximum absolute atomic E-state index is 12.5. The minimum atomic E-state index is -3.52. The van der Waals surface area contributed by atoms with Crippen LogP contribution in [0.15, 0.2) is 53.4 Å². The van der Waals surface area contributed by atoms with Gasteiger partial charge in [0.2, 0.25) is 10.0 Å². The second kappa shape index (κ2) is 10.5. The van der Waals surface area contributed by atoms with E-state index in [4.69, 9.17) is 17.0 Å². The molecular formula is C21H27N3O4S2. The lowest BCUT2D eigenvalue weighted by atomic mass is 10.2. The molecule has 2 aromatic carbocycles. The Morgan fingerprint density at radius 3 is 2.10 bits per heavy atom. The number of nitrogens with one attached hydrogen (secondary N) is 2. The van der Waals surface area contributed by atoms with E-state index in [-0.39, 0.29) is 22.0 Å². The molecule has 2 aromatic rings. The topological polar surface area (TPSA) is 87.7 Å². The Labute approximate surface area is 183 Å². The summed E-state index contributed by atoms with van der Waals surface area (Å²) < 4.78 is 32.0. The molecule has 0 saturated heterocycles. The predicted octanol–water partition coefficient (Wildman–Crippen LogP) is 3.63. The zero-order chi connectivity index (χ0) is 22.3. The van der Waals surface area contributed by atoms with E-state index in [2.05, 4.69) is 10.6 Å². The molecule has 0 aromatic heterocycles. The third-order valence-corrected chi connectivity index (χ3v) is 6.44. The smallest absolute Gasteiger partial charge is 0.257 e. The zero-order valence-electron chi connectivity index (χ0n) is 17.5. The number of hydrogen-bond donors (Lipinski definition) is 2. The fourth-order valence-electron chi connectivity index (χ4n) is 2.72. The van der Waals surface area contributed by atoms with E-state index < -0.39 is 10.0 Å². The molecule has 9 heteroatoms. The van der Waals surface area contributed by atoms with E-state index in [0.29, 0.717) is 30.1 Å². The Morgan fingerprint density at radius 1 is 1.03 bits per heavy atom. The lowest BCUT2D eigenvalue weighted by Gasteiger charge is -2.18. The van der Waals surface area contributed by atoms with E-state index in [0.717, 1.165) is 0 Å². The molecule has 0 unspecified atom stereocenters. The summed E-state index contributed by atoms with van der Waals surface area (Å²) in [5, 5.41) is 5.60. The number of nitrogens with zero attached hydrogens (tertiary/aromatic N) is 1. The molecule has 1 amide bonds. The van der Waals surface area contributed by atoms with Crippen molar-refractivity contribution in [3.8, 4) is 5.75 Å². The molecule has 0 heterocycles. The van der Waals surface area contributed by atoms with Gasteiger partial charge in [0.1, 0.15) is 5.75 Å². The molecule has 0 fully saturated rings. The van der Waals surface area contributed by atoms with Crippen LogP contribution in [0.25, 0.3) is 0 Å². The van der Waals surface area contributed by atoms with E-state index in [1.807, 2.05) is 13.8 Å². The second-order valence-corrected chi connectivity index (χ2v) is 9.06. The lowest BCUT2D eigenvalue weighted by Crippen LogP contribution is -2.34. The number of thiocarbonyl (C=S) groups is 1. The first-order valence-corrected chi connectivity index (χ1v) is 11.5. The van der Waals surface area contributed by atoms with Gasteiger partial charge in [0.25, 0.3) is 5.91 Å². The fourth-order valence-corrected chi connectivity index (χ4v) is 4.39. The van der Waals surface area contributed by atoms with Crippen LogP contribution in [-0.2, 0) is 10.0 Å². The predicted molar refractivity (Wildman–Crippen MR) is 122 cm³/mol. The average Bonchev–Trinajstić information content (AvgIpc) is 2.69. The van der Waals surface area contributed by atoms with Crippen molar-refractivity contribution in [3.63, 3.8) is 0 Å². The molecule has 0 bridgehead atoms. The van der Waals surface area contributed by atoms with Gasteiger partial charge in [-0.25, -0.2) is 8.42 Å². The van der Waals surface area contributed by atoms with Crippen molar-refractivity contribution in [1.82, 2.24) is 9.62 Å². The summed E-state index contributed by atoms with van der Waals surface area (Å²) in [6.07, 6.45) is 0.0508. The third kappa shape index (κ3) is 6.25. The molecule has 0 saturated carbocycles. The van der Waals surface area contributed by atoms with Crippen LogP contribution in [0.5, 0.6) is 5.75 Å². The molecule has 162 valence electrons. The highest BCUT2D eigenvalue weighted by Gasteiger charge is 2.21. The van der Waals surface area contributed by atoms with Crippen molar-refractivity contribution >= 4 is 38.9 Å². The summed E-state index contributed by atoms with van der Waals surface area (Å²) in [7, 11) is -3.52. The van der Waals surface area contributed by atoms with Gasteiger partial charge in [0.15, 0.2) is 5.11 Å². The summed E-state index contributed by atoms with van der Waals surface area (Å²) >= 11 is 5.19. The number of hydrogen-bond acceptors (Lipinski definition) is 5. The molecule has 0 spiro atoms. The number of anilines is 1. The summed E-state index contributed by atoms with van der Waals surface area (Å²) in [5.74, 6) is 0.325. The van der Waals surface area contributed by atoms with Gasteiger partial charge in [-0.2, -0.15) is 4.31 Å². The Morgan fingerprint density at radius 2 is 1.60 bits per heavy atom. The Balaban J connectivity index is 1.98. The van der Waals surface area contributed by atoms with Crippen LogP contribution in [0.2, 0.25) is 0 Å². The SMILES string of the molecule is CCN(CC)S(=O)(=O)c1ccc(NC(=S)NC(=O)c2ccc(OC(C)C)cc2)cc1. The van der Waals surface area contributed by atoms with Crippen molar-refractivity contribution in [2.75, 3.05) is 18.4 Å². The molecule has 0 aliphatic heterocycles. The number of amides is 1. The highest BCUT2D eigenvalue weighted by molar-refractivity contribution is 7.89. The van der Waals surface area contributed by atoms with Crippen LogP contribution < -0.4 is 15.4 Å². The van der Waals surface area contributed by atoms with Crippen molar-refractivity contribution in [3.05, 3.63) is 54.1 Å². The van der Waals surface area contributed by atoms with Gasteiger partial charge in [0.05, 0.1) is 11.0 Å². The van der Waals surface area contributed by atoms with Crippen LogP contribution in [0.1, 0.15) is 38.1 Å². The molecule has 30 heavy (non-hydrogen) atoms. The standard InChI is InChI=1S/C21H27N3O4S2/c1-5-24(6-2)30(26,27)19-13-9-17(10-14-19)22-21(29)23-20(25)16-7-11-18(12-8-16)28-15(3)4/h7-15H,5-6H2,1-4H3,(H2,22,23,25,29). The highest BCUT2D eigenvalue weighted by atomic mass is 32.2. The van der Waals surface area contributed by atoms with Gasteiger partial charge in [-0.15, -0.1) is 0 Å². The van der Waals surface area contributed by atoms with Crippen LogP contribution in [0, 0.1) is 0 Å². The van der Waals surface area contributed by atoms with Crippen molar-refractivity contribution in [1.29, 1.82) is 0 Å². The minimum absolute atomic E-state index is 0.0508. The van der Waals surface area contributed by atoms with Crippen molar-refractivity contribution in [2.24, 2.45) is 0 Å². The molecule has 0 radical (unpaired) electrons. The Kier molecular flexibility index (Phi) is 8.33. The molecule has 2 N–H and O–H groups in total. The van der Waals surface area contributed by atoms with Gasteiger partial charge < -0.3 is 10.1 Å². The number of benzene rings is 2. The monoisotopic (exact) mass is 449 g/mol. The van der Waals surface area contributed by atoms with Crippen molar-refractivity contribution in [2.45, 2.75) is 38.7 Å². The van der Waals surface area contributed by atoms with Gasteiger partial charge in [-0.3, -0.25) is 10.1 Å². The average molecular weight is 450 g/mol. The number of sulfonamides is 1. The zero-order valence-corrected chi connectivity index (χ0v) is 19.1. The van der Waals surface area contributed by atoms with Gasteiger partial charge >= 0.3 is 0 Å². The first-order valence-electron chi connectivity index (χ1n) is 9.66. The summed E-state index contributed by atoms with van der Waals surface area (Å²) in [6.45, 7) is 8.25. The molecular weight excluding hydrogens is 422 g/mol. The second-order valence-electron chi connectivity index (χ2n) is 6.71. The first-order chi connectivity index (χ1) is 14.2. The van der Waals surface area contributed by atoms with E-state index in [1.54, 1.807) is 50.2 Å². The number of carbonyl (C=O) groups is 1. The summed E-state index contributed by atoms with van der Waals surface area (Å²) in [4.78, 5) is 12.5. The molecule has 0 atom stereocenters. The third-order valence-electron chi connectivity index (χ3n) is 4.17. The molecule has 7 nitrogen and oxygen atoms in total. The van der Waals surface area contributed by atoms with Crippen LogP contribution in [0.4, 0.5) is 5.69 Å². The molecule has 0 aliphatic carbocycles. The summed E-state index contributed by atoms with van der Waals surface area (Å²) in [5.41, 5.74) is 1.01. The summed E-state index contributed by atoms with van der Waals surface area (Å²) in [6, 6.07) is 13.0. The molecule has 0 aliphatic rings. The molecule has 2 rings (SSSR count).